The molecule has 0 aliphatic rings. The Morgan fingerprint density at radius 3 is 2.32 bits per heavy atom. The van der Waals surface area contributed by atoms with Gasteiger partial charge in [-0.25, -0.2) is 4.98 Å². The second kappa shape index (κ2) is 9.94. The Morgan fingerprint density at radius 1 is 1.06 bits per heavy atom. The number of aromatic nitrogens is 1. The Balaban J connectivity index is 1.64. The second-order valence-electron chi connectivity index (χ2n) is 8.02. The first-order valence-corrected chi connectivity index (χ1v) is 11.0. The topological polar surface area (TPSA) is 63.7 Å². The van der Waals surface area contributed by atoms with Gasteiger partial charge >= 0.3 is 0 Å². The number of hydrogen-bond donors (Lipinski definition) is 1. The summed E-state index contributed by atoms with van der Waals surface area (Å²) in [5.41, 5.74) is 2.30. The zero-order valence-corrected chi connectivity index (χ0v) is 19.5. The molecule has 0 radical (unpaired) electrons. The highest BCUT2D eigenvalue weighted by molar-refractivity contribution is 7.14. The van der Waals surface area contributed by atoms with Crippen LogP contribution >= 0.6 is 11.3 Å². The lowest BCUT2D eigenvalue weighted by molar-refractivity contribution is 0.102. The van der Waals surface area contributed by atoms with Gasteiger partial charge in [0.15, 0.2) is 5.13 Å². The van der Waals surface area contributed by atoms with E-state index < -0.39 is 0 Å². The molecule has 0 saturated carbocycles. The van der Waals surface area contributed by atoms with Crippen LogP contribution in [0.1, 0.15) is 35.5 Å². The lowest BCUT2D eigenvalue weighted by Crippen LogP contribution is -2.20. The van der Waals surface area contributed by atoms with Crippen LogP contribution in [0.3, 0.4) is 0 Å². The molecule has 0 fully saturated rings. The van der Waals surface area contributed by atoms with Crippen LogP contribution in [-0.4, -0.2) is 50.1 Å². The molecule has 0 saturated heterocycles. The van der Waals surface area contributed by atoms with Gasteiger partial charge in [-0.15, -0.1) is 11.3 Å². The average molecular weight is 440 g/mol. The summed E-state index contributed by atoms with van der Waals surface area (Å²) in [7, 11) is 5.65. The normalized spacial score (nSPS) is 11.4. The first-order chi connectivity index (χ1) is 14.8. The molecule has 31 heavy (non-hydrogen) atoms. The average Bonchev–Trinajstić information content (AvgIpc) is 3.23. The highest BCUT2D eigenvalue weighted by Gasteiger charge is 2.26. The van der Waals surface area contributed by atoms with E-state index in [0.717, 1.165) is 29.3 Å². The van der Waals surface area contributed by atoms with Crippen molar-refractivity contribution in [3.05, 3.63) is 70.7 Å². The van der Waals surface area contributed by atoms with Crippen molar-refractivity contribution in [2.24, 2.45) is 0 Å². The molecule has 3 aromatic rings. The zero-order valence-electron chi connectivity index (χ0n) is 18.6. The molecule has 0 aliphatic carbocycles. The van der Waals surface area contributed by atoms with Crippen LogP contribution in [0.4, 0.5) is 5.13 Å². The van der Waals surface area contributed by atoms with E-state index in [1.807, 2.05) is 55.9 Å². The summed E-state index contributed by atoms with van der Waals surface area (Å²) >= 11 is 1.42. The van der Waals surface area contributed by atoms with Gasteiger partial charge < -0.3 is 14.4 Å². The van der Waals surface area contributed by atoms with Crippen molar-refractivity contribution < 1.29 is 14.3 Å². The largest absolute Gasteiger partial charge is 0.497 e. The molecule has 2 aromatic carbocycles. The first-order valence-electron chi connectivity index (χ1n) is 10.1. The Hall–Kier alpha value is -2.90. The van der Waals surface area contributed by atoms with Crippen molar-refractivity contribution >= 4 is 22.4 Å². The third kappa shape index (κ3) is 5.83. The van der Waals surface area contributed by atoms with Crippen LogP contribution in [0.15, 0.2) is 53.9 Å². The van der Waals surface area contributed by atoms with Crippen LogP contribution in [-0.2, 0) is 5.41 Å². The standard InChI is InChI=1S/C24H29N3O3S/c1-24(2,18-8-12-19(29-5)13-9-18)21-16-31-23(25-21)26-22(28)17-6-10-20(11-7-17)30-15-14-27(3)4/h6-13,16H,14-15H2,1-5H3,(H,25,26,28). The summed E-state index contributed by atoms with van der Waals surface area (Å²) in [6.07, 6.45) is 0. The van der Waals surface area contributed by atoms with Gasteiger partial charge in [0.05, 0.1) is 12.8 Å². The summed E-state index contributed by atoms with van der Waals surface area (Å²) < 4.78 is 10.9. The third-order valence-electron chi connectivity index (χ3n) is 5.10. The molecule has 6 nitrogen and oxygen atoms in total. The van der Waals surface area contributed by atoms with E-state index in [4.69, 9.17) is 9.47 Å². The summed E-state index contributed by atoms with van der Waals surface area (Å²) in [6.45, 7) is 5.67. The molecule has 164 valence electrons. The van der Waals surface area contributed by atoms with Crippen LogP contribution < -0.4 is 14.8 Å². The minimum atomic E-state index is -0.294. The van der Waals surface area contributed by atoms with Gasteiger partial charge in [0.25, 0.3) is 5.91 Å². The monoisotopic (exact) mass is 439 g/mol. The Kier molecular flexibility index (Phi) is 7.30. The minimum absolute atomic E-state index is 0.192. The SMILES string of the molecule is COc1ccc(C(C)(C)c2csc(NC(=O)c3ccc(OCCN(C)C)cc3)n2)cc1. The number of likely N-dealkylation sites (N-methyl/N-ethyl adjacent to an activating group) is 1. The third-order valence-corrected chi connectivity index (χ3v) is 5.86. The van der Waals surface area contributed by atoms with Gasteiger partial charge in [0.1, 0.15) is 18.1 Å². The van der Waals surface area contributed by atoms with Crippen molar-refractivity contribution in [2.45, 2.75) is 19.3 Å². The summed E-state index contributed by atoms with van der Waals surface area (Å²) in [6, 6.07) is 15.1. The van der Waals surface area contributed by atoms with E-state index in [1.54, 1.807) is 19.2 Å². The predicted molar refractivity (Wildman–Crippen MR) is 126 cm³/mol. The fraction of sp³-hybridized carbons (Fsp3) is 0.333. The Morgan fingerprint density at radius 2 is 1.71 bits per heavy atom. The summed E-state index contributed by atoms with van der Waals surface area (Å²) in [5, 5.41) is 5.46. The number of methoxy groups -OCH3 is 1. The van der Waals surface area contributed by atoms with Crippen molar-refractivity contribution in [3.8, 4) is 11.5 Å². The fourth-order valence-electron chi connectivity index (χ4n) is 2.99. The molecular formula is C24H29N3O3S. The number of nitrogens with zero attached hydrogens (tertiary/aromatic N) is 2. The quantitative estimate of drug-likeness (QED) is 0.525. The van der Waals surface area contributed by atoms with Crippen molar-refractivity contribution in [3.63, 3.8) is 0 Å². The zero-order chi connectivity index (χ0) is 22.4. The van der Waals surface area contributed by atoms with Gasteiger partial charge in [0.2, 0.25) is 0 Å². The maximum Gasteiger partial charge on any atom is 0.257 e. The van der Waals surface area contributed by atoms with Gasteiger partial charge in [-0.1, -0.05) is 26.0 Å². The van der Waals surface area contributed by atoms with E-state index in [-0.39, 0.29) is 11.3 Å². The van der Waals surface area contributed by atoms with E-state index in [0.29, 0.717) is 17.3 Å². The molecule has 3 rings (SSSR count). The molecule has 0 unspecified atom stereocenters. The number of carbonyl (C=O) groups excluding carboxylic acids is 1. The second-order valence-corrected chi connectivity index (χ2v) is 8.88. The molecule has 0 aliphatic heterocycles. The Bertz CT molecular complexity index is 996. The maximum atomic E-state index is 12.6. The number of benzene rings is 2. The molecule has 7 heteroatoms. The number of amides is 1. The molecule has 0 atom stereocenters. The number of hydrogen-bond acceptors (Lipinski definition) is 6. The van der Waals surface area contributed by atoms with Crippen molar-refractivity contribution in [2.75, 3.05) is 39.7 Å². The smallest absolute Gasteiger partial charge is 0.257 e. The predicted octanol–water partition coefficient (Wildman–Crippen LogP) is 4.67. The number of thiazole rings is 1. The number of rotatable bonds is 9. The lowest BCUT2D eigenvalue weighted by atomic mass is 9.82. The highest BCUT2D eigenvalue weighted by Crippen LogP contribution is 2.34. The number of carbonyl (C=O) groups is 1. The van der Waals surface area contributed by atoms with Gasteiger partial charge in [-0.05, 0) is 56.1 Å². The van der Waals surface area contributed by atoms with E-state index >= 15 is 0 Å². The van der Waals surface area contributed by atoms with Crippen LogP contribution in [0.5, 0.6) is 11.5 Å². The molecule has 1 amide bonds. The van der Waals surface area contributed by atoms with Gasteiger partial charge in [-0.3, -0.25) is 10.1 Å². The van der Waals surface area contributed by atoms with Gasteiger partial charge in [-0.2, -0.15) is 0 Å². The number of ether oxygens (including phenoxy) is 2. The van der Waals surface area contributed by atoms with Gasteiger partial charge in [0, 0.05) is 22.9 Å². The fourth-order valence-corrected chi connectivity index (χ4v) is 3.86. The molecule has 1 N–H and O–H groups in total. The molecule has 0 spiro atoms. The van der Waals surface area contributed by atoms with Crippen LogP contribution in [0.25, 0.3) is 0 Å². The molecule has 1 heterocycles. The summed E-state index contributed by atoms with van der Waals surface area (Å²) in [4.78, 5) is 19.3. The van der Waals surface area contributed by atoms with Crippen molar-refractivity contribution in [1.29, 1.82) is 0 Å². The number of nitrogens with one attached hydrogen (secondary N) is 1. The van der Waals surface area contributed by atoms with Crippen molar-refractivity contribution in [1.82, 2.24) is 9.88 Å². The molecular weight excluding hydrogens is 410 g/mol. The number of anilines is 1. The maximum absolute atomic E-state index is 12.6. The lowest BCUT2D eigenvalue weighted by Gasteiger charge is -2.23. The highest BCUT2D eigenvalue weighted by atomic mass is 32.1. The van der Waals surface area contributed by atoms with E-state index in [9.17, 15) is 4.79 Å². The Labute approximate surface area is 187 Å². The summed E-state index contributed by atoms with van der Waals surface area (Å²) in [5.74, 6) is 1.37. The van der Waals surface area contributed by atoms with Crippen LogP contribution in [0, 0.1) is 0 Å². The van der Waals surface area contributed by atoms with Crippen LogP contribution in [0.2, 0.25) is 0 Å². The molecule has 0 bridgehead atoms. The first kappa shape index (κ1) is 22.8. The molecule has 1 aromatic heterocycles. The van der Waals surface area contributed by atoms with E-state index in [2.05, 4.69) is 29.0 Å². The minimum Gasteiger partial charge on any atom is -0.497 e. The van der Waals surface area contributed by atoms with E-state index in [1.165, 1.54) is 11.3 Å².